The van der Waals surface area contributed by atoms with Crippen molar-refractivity contribution in [3.05, 3.63) is 0 Å². The molecule has 2 atom stereocenters. The Bertz CT molecular complexity index is 239. The van der Waals surface area contributed by atoms with Gasteiger partial charge in [-0.05, 0) is 25.2 Å². The maximum absolute atomic E-state index is 12.2. The van der Waals surface area contributed by atoms with Gasteiger partial charge in [-0.1, -0.05) is 52.4 Å². The third-order valence-corrected chi connectivity index (χ3v) is 4.10. The molecular formula is C15H29NO. The first-order valence-corrected chi connectivity index (χ1v) is 7.40. The molecule has 1 aliphatic rings. The minimum Gasteiger partial charge on any atom is -0.319 e. The van der Waals surface area contributed by atoms with Gasteiger partial charge in [-0.25, -0.2) is 0 Å². The van der Waals surface area contributed by atoms with E-state index in [-0.39, 0.29) is 0 Å². The van der Waals surface area contributed by atoms with Crippen LogP contribution in [0, 0.1) is 5.92 Å². The lowest BCUT2D eigenvalue weighted by molar-refractivity contribution is -0.126. The standard InChI is InChI=1S/C15H29NO/c1-3-4-5-6-7-10-14(17)15(16)11-8-9-13(2)12-15/h13H,3-12,16H2,1-2H3. The molecule has 1 saturated carbocycles. The summed E-state index contributed by atoms with van der Waals surface area (Å²) in [5, 5.41) is 0. The van der Waals surface area contributed by atoms with Crippen LogP contribution in [0.15, 0.2) is 0 Å². The lowest BCUT2D eigenvalue weighted by Gasteiger charge is -2.35. The first-order chi connectivity index (χ1) is 8.08. The van der Waals surface area contributed by atoms with E-state index in [0.29, 0.717) is 18.1 Å². The maximum Gasteiger partial charge on any atom is 0.152 e. The fraction of sp³-hybridized carbons (Fsp3) is 0.933. The van der Waals surface area contributed by atoms with Gasteiger partial charge in [-0.2, -0.15) is 0 Å². The molecule has 0 aromatic rings. The van der Waals surface area contributed by atoms with Gasteiger partial charge in [0.2, 0.25) is 0 Å². The maximum atomic E-state index is 12.2. The van der Waals surface area contributed by atoms with Crippen molar-refractivity contribution in [1.29, 1.82) is 0 Å². The lowest BCUT2D eigenvalue weighted by Crippen LogP contribution is -2.50. The minimum atomic E-state index is -0.484. The van der Waals surface area contributed by atoms with Crippen molar-refractivity contribution in [3.8, 4) is 0 Å². The average Bonchev–Trinajstić information content (AvgIpc) is 2.28. The third-order valence-electron chi connectivity index (χ3n) is 4.10. The average molecular weight is 239 g/mol. The summed E-state index contributed by atoms with van der Waals surface area (Å²) in [5.74, 6) is 0.943. The highest BCUT2D eigenvalue weighted by molar-refractivity contribution is 5.88. The summed E-state index contributed by atoms with van der Waals surface area (Å²) in [6.07, 6.45) is 10.9. The number of carbonyl (C=O) groups is 1. The van der Waals surface area contributed by atoms with Crippen molar-refractivity contribution in [2.75, 3.05) is 0 Å². The lowest BCUT2D eigenvalue weighted by atomic mass is 9.73. The number of ketones is 1. The first kappa shape index (κ1) is 14.7. The van der Waals surface area contributed by atoms with Crippen LogP contribution in [0.2, 0.25) is 0 Å². The number of unbranched alkanes of at least 4 members (excludes halogenated alkanes) is 4. The molecular weight excluding hydrogens is 210 g/mol. The van der Waals surface area contributed by atoms with Crippen molar-refractivity contribution >= 4 is 5.78 Å². The summed E-state index contributed by atoms with van der Waals surface area (Å²) in [4.78, 5) is 12.2. The smallest absolute Gasteiger partial charge is 0.152 e. The molecule has 0 amide bonds. The normalized spacial score (nSPS) is 29.2. The number of hydrogen-bond donors (Lipinski definition) is 1. The fourth-order valence-electron chi connectivity index (χ4n) is 2.98. The molecule has 0 heterocycles. The molecule has 0 spiro atoms. The second-order valence-electron chi connectivity index (χ2n) is 5.95. The predicted molar refractivity (Wildman–Crippen MR) is 72.9 cm³/mol. The van der Waals surface area contributed by atoms with Gasteiger partial charge < -0.3 is 5.73 Å². The molecule has 1 rings (SSSR count). The highest BCUT2D eigenvalue weighted by Gasteiger charge is 2.36. The molecule has 1 aliphatic carbocycles. The molecule has 0 aromatic heterocycles. The van der Waals surface area contributed by atoms with Gasteiger partial charge in [0.05, 0.1) is 5.54 Å². The van der Waals surface area contributed by atoms with E-state index in [1.54, 1.807) is 0 Å². The first-order valence-electron chi connectivity index (χ1n) is 7.40. The van der Waals surface area contributed by atoms with Crippen molar-refractivity contribution < 1.29 is 4.79 Å². The highest BCUT2D eigenvalue weighted by atomic mass is 16.1. The monoisotopic (exact) mass is 239 g/mol. The predicted octanol–water partition coefficient (Wildman–Crippen LogP) is 3.82. The van der Waals surface area contributed by atoms with E-state index in [1.165, 1.54) is 32.1 Å². The van der Waals surface area contributed by atoms with Crippen molar-refractivity contribution in [1.82, 2.24) is 0 Å². The van der Waals surface area contributed by atoms with Crippen LogP contribution >= 0.6 is 0 Å². The Kier molecular flexibility index (Phi) is 6.18. The van der Waals surface area contributed by atoms with Gasteiger partial charge >= 0.3 is 0 Å². The molecule has 2 nitrogen and oxygen atoms in total. The van der Waals surface area contributed by atoms with E-state index in [1.807, 2.05) is 0 Å². The van der Waals surface area contributed by atoms with E-state index in [9.17, 15) is 4.79 Å². The van der Waals surface area contributed by atoms with Crippen LogP contribution in [0.3, 0.4) is 0 Å². The number of nitrogens with two attached hydrogens (primary N) is 1. The quantitative estimate of drug-likeness (QED) is 0.686. The summed E-state index contributed by atoms with van der Waals surface area (Å²) in [7, 11) is 0. The van der Waals surface area contributed by atoms with Crippen LogP contribution in [0.4, 0.5) is 0 Å². The van der Waals surface area contributed by atoms with Crippen LogP contribution in [0.25, 0.3) is 0 Å². The Morgan fingerprint density at radius 1 is 1.29 bits per heavy atom. The van der Waals surface area contributed by atoms with Crippen LogP contribution in [0.1, 0.15) is 78.1 Å². The summed E-state index contributed by atoms with van der Waals surface area (Å²) >= 11 is 0. The van der Waals surface area contributed by atoms with E-state index in [2.05, 4.69) is 13.8 Å². The number of rotatable bonds is 7. The van der Waals surface area contributed by atoms with Gasteiger partial charge in [-0.15, -0.1) is 0 Å². The van der Waals surface area contributed by atoms with E-state index < -0.39 is 5.54 Å². The molecule has 2 N–H and O–H groups in total. The molecule has 0 radical (unpaired) electrons. The van der Waals surface area contributed by atoms with Crippen molar-refractivity contribution in [2.24, 2.45) is 11.7 Å². The highest BCUT2D eigenvalue weighted by Crippen LogP contribution is 2.32. The van der Waals surface area contributed by atoms with Gasteiger partial charge in [0.1, 0.15) is 0 Å². The van der Waals surface area contributed by atoms with Gasteiger partial charge in [0.15, 0.2) is 5.78 Å². The van der Waals surface area contributed by atoms with E-state index >= 15 is 0 Å². The molecule has 0 aliphatic heterocycles. The van der Waals surface area contributed by atoms with E-state index in [0.717, 1.165) is 25.7 Å². The number of carbonyl (C=O) groups excluding carboxylic acids is 1. The SMILES string of the molecule is CCCCCCCC(=O)C1(N)CCCC(C)C1. The van der Waals surface area contributed by atoms with Crippen molar-refractivity contribution in [2.45, 2.75) is 83.6 Å². The Labute approximate surface area is 106 Å². The summed E-state index contributed by atoms with van der Waals surface area (Å²) in [6, 6.07) is 0. The Morgan fingerprint density at radius 3 is 2.65 bits per heavy atom. The van der Waals surface area contributed by atoms with Gasteiger partial charge in [0, 0.05) is 6.42 Å². The summed E-state index contributed by atoms with van der Waals surface area (Å²) in [6.45, 7) is 4.43. The zero-order valence-corrected chi connectivity index (χ0v) is 11.6. The Morgan fingerprint density at radius 2 is 2.00 bits per heavy atom. The second kappa shape index (κ2) is 7.15. The Balaban J connectivity index is 2.26. The topological polar surface area (TPSA) is 43.1 Å². The molecule has 2 unspecified atom stereocenters. The fourth-order valence-corrected chi connectivity index (χ4v) is 2.98. The molecule has 2 heteroatoms. The van der Waals surface area contributed by atoms with Crippen LogP contribution in [0.5, 0.6) is 0 Å². The molecule has 17 heavy (non-hydrogen) atoms. The Hall–Kier alpha value is -0.370. The van der Waals surface area contributed by atoms with E-state index in [4.69, 9.17) is 5.73 Å². The number of Topliss-reactive ketones (excluding diaryl/α,β-unsaturated/α-hetero) is 1. The largest absolute Gasteiger partial charge is 0.319 e. The number of hydrogen-bond acceptors (Lipinski definition) is 2. The van der Waals surface area contributed by atoms with Crippen LogP contribution in [-0.2, 0) is 4.79 Å². The third kappa shape index (κ3) is 4.79. The second-order valence-corrected chi connectivity index (χ2v) is 5.95. The molecule has 0 saturated heterocycles. The zero-order chi connectivity index (χ0) is 12.7. The molecule has 0 bridgehead atoms. The molecule has 0 aromatic carbocycles. The molecule has 100 valence electrons. The zero-order valence-electron chi connectivity index (χ0n) is 11.6. The van der Waals surface area contributed by atoms with Crippen LogP contribution < -0.4 is 5.73 Å². The van der Waals surface area contributed by atoms with Gasteiger partial charge in [0.25, 0.3) is 0 Å². The van der Waals surface area contributed by atoms with Crippen molar-refractivity contribution in [3.63, 3.8) is 0 Å². The summed E-state index contributed by atoms with van der Waals surface area (Å²) < 4.78 is 0. The van der Waals surface area contributed by atoms with Crippen LogP contribution in [-0.4, -0.2) is 11.3 Å². The molecule has 1 fully saturated rings. The minimum absolute atomic E-state index is 0.320. The summed E-state index contributed by atoms with van der Waals surface area (Å²) in [5.41, 5.74) is 5.80. The van der Waals surface area contributed by atoms with Gasteiger partial charge in [-0.3, -0.25) is 4.79 Å².